The van der Waals surface area contributed by atoms with E-state index in [4.69, 9.17) is 4.74 Å². The van der Waals surface area contributed by atoms with Gasteiger partial charge in [0.25, 0.3) is 5.69 Å². The molecule has 0 aliphatic carbocycles. The van der Waals surface area contributed by atoms with Crippen molar-refractivity contribution in [1.82, 2.24) is 0 Å². The molecule has 2 rings (SSSR count). The molecule has 0 N–H and O–H groups in total. The third-order valence-corrected chi connectivity index (χ3v) is 4.32. The van der Waals surface area contributed by atoms with Gasteiger partial charge in [-0.1, -0.05) is 37.6 Å². The highest BCUT2D eigenvalue weighted by molar-refractivity contribution is 5.99. The highest BCUT2D eigenvalue weighted by Crippen LogP contribution is 2.28. The number of esters is 1. The number of rotatable bonds is 9. The van der Waals surface area contributed by atoms with Gasteiger partial charge in [-0.2, -0.15) is 0 Å². The molecule has 7 heteroatoms. The Morgan fingerprint density at radius 1 is 1.07 bits per heavy atom. The second-order valence-corrected chi connectivity index (χ2v) is 6.65. The highest BCUT2D eigenvalue weighted by atomic mass is 16.6. The van der Waals surface area contributed by atoms with Gasteiger partial charge in [-0.15, -0.1) is 0 Å². The van der Waals surface area contributed by atoms with Crippen molar-refractivity contribution in [2.24, 2.45) is 0 Å². The summed E-state index contributed by atoms with van der Waals surface area (Å²) in [4.78, 5) is 36.7. The van der Waals surface area contributed by atoms with E-state index in [9.17, 15) is 19.7 Å². The fraction of sp³-hybridized carbons (Fsp3) is 0.333. The molecule has 0 atom stereocenters. The number of ether oxygens (including phenoxy) is 1. The fourth-order valence-corrected chi connectivity index (χ4v) is 2.71. The largest absolute Gasteiger partial charge is 0.454 e. The Hall–Kier alpha value is -3.22. The van der Waals surface area contributed by atoms with E-state index in [0.29, 0.717) is 11.3 Å². The first-order chi connectivity index (χ1) is 13.3. The van der Waals surface area contributed by atoms with Gasteiger partial charge < -0.3 is 9.64 Å². The minimum Gasteiger partial charge on any atom is -0.454 e. The maximum Gasteiger partial charge on any atom is 0.338 e. The van der Waals surface area contributed by atoms with E-state index in [1.807, 2.05) is 12.1 Å². The Labute approximate surface area is 164 Å². The van der Waals surface area contributed by atoms with E-state index in [2.05, 4.69) is 6.92 Å². The molecule has 0 saturated heterocycles. The SMILES string of the molecule is CCCCc1ccc(C(=O)COC(=O)c2ccc(N(C)C)c([N+](=O)[O-])c2)cc1. The van der Waals surface area contributed by atoms with E-state index in [1.165, 1.54) is 12.1 Å². The molecular weight excluding hydrogens is 360 g/mol. The van der Waals surface area contributed by atoms with Crippen LogP contribution in [0.25, 0.3) is 0 Å². The molecule has 0 aliphatic rings. The van der Waals surface area contributed by atoms with Crippen LogP contribution in [0.1, 0.15) is 46.0 Å². The van der Waals surface area contributed by atoms with Gasteiger partial charge in [-0.25, -0.2) is 4.79 Å². The van der Waals surface area contributed by atoms with Gasteiger partial charge in [0, 0.05) is 25.7 Å². The number of hydrogen-bond acceptors (Lipinski definition) is 6. The van der Waals surface area contributed by atoms with Crippen LogP contribution in [-0.4, -0.2) is 37.4 Å². The van der Waals surface area contributed by atoms with Crippen LogP contribution < -0.4 is 4.90 Å². The molecule has 0 saturated carbocycles. The Morgan fingerprint density at radius 3 is 2.29 bits per heavy atom. The summed E-state index contributed by atoms with van der Waals surface area (Å²) in [5.41, 5.74) is 1.82. The van der Waals surface area contributed by atoms with Crippen LogP contribution in [0.3, 0.4) is 0 Å². The molecule has 0 heterocycles. The Kier molecular flexibility index (Phi) is 7.26. The topological polar surface area (TPSA) is 89.8 Å². The molecule has 2 aromatic carbocycles. The van der Waals surface area contributed by atoms with Crippen molar-refractivity contribution >= 4 is 23.1 Å². The van der Waals surface area contributed by atoms with Crippen molar-refractivity contribution in [2.75, 3.05) is 25.6 Å². The molecule has 0 spiro atoms. The first-order valence-electron chi connectivity index (χ1n) is 9.08. The molecule has 0 fully saturated rings. The van der Waals surface area contributed by atoms with Gasteiger partial charge in [0.2, 0.25) is 0 Å². The number of nitro groups is 1. The number of Topliss-reactive ketones (excluding diaryl/α,β-unsaturated/α-hetero) is 1. The number of unbranched alkanes of at least 4 members (excludes halogenated alkanes) is 1. The molecule has 0 aliphatic heterocycles. The van der Waals surface area contributed by atoms with E-state index < -0.39 is 17.5 Å². The Morgan fingerprint density at radius 2 is 1.71 bits per heavy atom. The summed E-state index contributed by atoms with van der Waals surface area (Å²) in [6, 6.07) is 11.3. The van der Waals surface area contributed by atoms with Crippen LogP contribution in [0, 0.1) is 10.1 Å². The minimum absolute atomic E-state index is 0.0278. The molecule has 0 bridgehead atoms. The number of benzene rings is 2. The lowest BCUT2D eigenvalue weighted by Gasteiger charge is -2.13. The van der Waals surface area contributed by atoms with Gasteiger partial charge in [-0.3, -0.25) is 14.9 Å². The number of anilines is 1. The lowest BCUT2D eigenvalue weighted by Crippen LogP contribution is -2.15. The number of hydrogen-bond donors (Lipinski definition) is 0. The molecule has 2 aromatic rings. The van der Waals surface area contributed by atoms with Gasteiger partial charge in [0.15, 0.2) is 12.4 Å². The Bertz CT molecular complexity index is 860. The van der Waals surface area contributed by atoms with Gasteiger partial charge in [0.05, 0.1) is 10.5 Å². The second-order valence-electron chi connectivity index (χ2n) is 6.65. The van der Waals surface area contributed by atoms with E-state index >= 15 is 0 Å². The molecule has 28 heavy (non-hydrogen) atoms. The van der Waals surface area contributed by atoms with E-state index in [-0.39, 0.29) is 17.0 Å². The normalized spacial score (nSPS) is 10.4. The van der Waals surface area contributed by atoms with Crippen molar-refractivity contribution in [3.63, 3.8) is 0 Å². The highest BCUT2D eigenvalue weighted by Gasteiger charge is 2.20. The summed E-state index contributed by atoms with van der Waals surface area (Å²) in [7, 11) is 3.35. The third kappa shape index (κ3) is 5.39. The summed E-state index contributed by atoms with van der Waals surface area (Å²) in [5.74, 6) is -1.10. The average molecular weight is 384 g/mol. The first-order valence-corrected chi connectivity index (χ1v) is 9.08. The summed E-state index contributed by atoms with van der Waals surface area (Å²) in [6.07, 6.45) is 3.15. The quantitative estimate of drug-likeness (QED) is 0.280. The molecule has 7 nitrogen and oxygen atoms in total. The van der Waals surface area contributed by atoms with Crippen molar-refractivity contribution in [3.8, 4) is 0 Å². The second kappa shape index (κ2) is 9.64. The summed E-state index contributed by atoms with van der Waals surface area (Å²) in [5, 5.41) is 11.2. The standard InChI is InChI=1S/C21H24N2O5/c1-4-5-6-15-7-9-16(10-8-15)20(24)14-28-21(25)17-11-12-18(22(2)3)19(13-17)23(26)27/h7-13H,4-6,14H2,1-3H3. The van der Waals surface area contributed by atoms with Crippen LogP contribution in [0.15, 0.2) is 42.5 Å². The molecule has 0 radical (unpaired) electrons. The first kappa shape index (κ1) is 21.1. The summed E-state index contributed by atoms with van der Waals surface area (Å²) in [6.45, 7) is 1.70. The number of nitrogens with zero attached hydrogens (tertiary/aromatic N) is 2. The van der Waals surface area contributed by atoms with Crippen molar-refractivity contribution < 1.29 is 19.2 Å². The molecule has 0 aromatic heterocycles. The lowest BCUT2D eigenvalue weighted by atomic mass is 10.0. The number of carbonyl (C=O) groups is 2. The summed E-state index contributed by atoms with van der Waals surface area (Å²) < 4.78 is 5.05. The number of carbonyl (C=O) groups excluding carboxylic acids is 2. The van der Waals surface area contributed by atoms with Gasteiger partial charge in [0.1, 0.15) is 5.69 Å². The van der Waals surface area contributed by atoms with Crippen molar-refractivity contribution in [2.45, 2.75) is 26.2 Å². The number of ketones is 1. The zero-order chi connectivity index (χ0) is 20.7. The molecule has 0 unspecified atom stereocenters. The summed E-state index contributed by atoms with van der Waals surface area (Å²) >= 11 is 0. The molecule has 148 valence electrons. The zero-order valence-corrected chi connectivity index (χ0v) is 16.3. The minimum atomic E-state index is -0.777. The molecule has 0 amide bonds. The average Bonchev–Trinajstić information content (AvgIpc) is 2.69. The van der Waals surface area contributed by atoms with Crippen molar-refractivity contribution in [1.29, 1.82) is 0 Å². The van der Waals surface area contributed by atoms with Crippen LogP contribution in [0.2, 0.25) is 0 Å². The predicted octanol–water partition coefficient (Wildman–Crippen LogP) is 4.04. The Balaban J connectivity index is 2.02. The van der Waals surface area contributed by atoms with Gasteiger partial charge in [-0.05, 0) is 30.5 Å². The zero-order valence-electron chi connectivity index (χ0n) is 16.3. The monoisotopic (exact) mass is 384 g/mol. The van der Waals surface area contributed by atoms with Gasteiger partial charge >= 0.3 is 5.97 Å². The maximum absolute atomic E-state index is 12.2. The van der Waals surface area contributed by atoms with Crippen LogP contribution in [0.5, 0.6) is 0 Å². The number of aryl methyl sites for hydroxylation is 1. The van der Waals surface area contributed by atoms with E-state index in [0.717, 1.165) is 30.9 Å². The van der Waals surface area contributed by atoms with Crippen molar-refractivity contribution in [3.05, 3.63) is 69.3 Å². The maximum atomic E-state index is 12.2. The fourth-order valence-electron chi connectivity index (χ4n) is 2.71. The third-order valence-electron chi connectivity index (χ3n) is 4.32. The van der Waals surface area contributed by atoms with E-state index in [1.54, 1.807) is 31.1 Å². The lowest BCUT2D eigenvalue weighted by molar-refractivity contribution is -0.384. The smallest absolute Gasteiger partial charge is 0.338 e. The van der Waals surface area contributed by atoms with Crippen LogP contribution >= 0.6 is 0 Å². The predicted molar refractivity (Wildman–Crippen MR) is 107 cm³/mol. The van der Waals surface area contributed by atoms with Crippen LogP contribution in [0.4, 0.5) is 11.4 Å². The number of nitro benzene ring substituents is 1. The molecular formula is C21H24N2O5. The van der Waals surface area contributed by atoms with Crippen LogP contribution in [-0.2, 0) is 11.2 Å².